The molecule has 1 atom stereocenters. The van der Waals surface area contributed by atoms with Gasteiger partial charge < -0.3 is 20.4 Å². The molecule has 0 spiro atoms. The van der Waals surface area contributed by atoms with Crippen molar-refractivity contribution in [3.05, 3.63) is 82.5 Å². The standard InChI is InChI=1S/C20H28N4O2S.C11H19NO.C7H14.C7H8/c1-23(14-17-6-4-3-5-7-17)12-13-24(2)20(26)9-8-19(25)21-11-10-18-15-27-16-22-18;1-4-6-8-11(7-5-2)9-12-10(3)13;2*1-7-5-3-2-4-6-7/h4,6-7,10-11,15-16H,3,5,8-9,12-14H2,1-2H3,(H,21,25);1,11H,5-9H2,2-3H3,(H,12,13);7H,2-6H2,1H3;2-6H,1H3/b11-10+;;;. The number of aryl methyl sites for hydroxylation is 1. The van der Waals surface area contributed by atoms with Crippen molar-refractivity contribution in [3.63, 3.8) is 0 Å². The number of amides is 3. The zero-order chi connectivity index (χ0) is 39.8. The highest BCUT2D eigenvalue weighted by molar-refractivity contribution is 7.07. The van der Waals surface area contributed by atoms with E-state index in [9.17, 15) is 14.4 Å². The van der Waals surface area contributed by atoms with E-state index < -0.39 is 0 Å². The molecule has 2 aromatic rings. The summed E-state index contributed by atoms with van der Waals surface area (Å²) >= 11 is 1.50. The van der Waals surface area contributed by atoms with Crippen molar-refractivity contribution in [1.82, 2.24) is 25.4 Å². The molecule has 1 aromatic carbocycles. The molecule has 2 N–H and O–H groups in total. The van der Waals surface area contributed by atoms with Crippen molar-refractivity contribution >= 4 is 35.1 Å². The van der Waals surface area contributed by atoms with Gasteiger partial charge >= 0.3 is 0 Å². The van der Waals surface area contributed by atoms with Crippen LogP contribution in [0.4, 0.5) is 0 Å². The molecule has 54 heavy (non-hydrogen) atoms. The maximum atomic E-state index is 12.2. The lowest BCUT2D eigenvalue weighted by molar-refractivity contribution is -0.132. The number of hydrogen-bond donors (Lipinski definition) is 2. The van der Waals surface area contributed by atoms with Crippen LogP contribution in [0, 0.1) is 31.1 Å². The summed E-state index contributed by atoms with van der Waals surface area (Å²) in [7, 11) is 3.85. The number of hydrogen-bond acceptors (Lipinski definition) is 6. The van der Waals surface area contributed by atoms with Crippen LogP contribution in [0.25, 0.3) is 6.08 Å². The Morgan fingerprint density at radius 1 is 1.06 bits per heavy atom. The molecule has 3 amide bonds. The third kappa shape index (κ3) is 26.7. The van der Waals surface area contributed by atoms with Gasteiger partial charge in [-0.1, -0.05) is 106 Å². The molecule has 8 nitrogen and oxygen atoms in total. The van der Waals surface area contributed by atoms with E-state index in [1.54, 1.807) is 36.7 Å². The highest BCUT2D eigenvalue weighted by Gasteiger charge is 2.12. The minimum atomic E-state index is -0.170. The normalized spacial score (nSPS) is 14.1. The largest absolute Gasteiger partial charge is 0.356 e. The monoisotopic (exact) mass is 760 g/mol. The molecule has 298 valence electrons. The molecular weight excluding hydrogens is 691 g/mol. The molecule has 1 saturated carbocycles. The molecule has 4 rings (SSSR count). The second kappa shape index (κ2) is 31.4. The first-order valence-electron chi connectivity index (χ1n) is 19.9. The van der Waals surface area contributed by atoms with Gasteiger partial charge in [0.15, 0.2) is 0 Å². The first kappa shape index (κ1) is 48.0. The minimum absolute atomic E-state index is 0.0150. The van der Waals surface area contributed by atoms with Crippen LogP contribution < -0.4 is 10.6 Å². The third-order valence-corrected chi connectivity index (χ3v) is 9.76. The molecule has 1 unspecified atom stereocenters. The summed E-state index contributed by atoms with van der Waals surface area (Å²) in [5.41, 5.74) is 5.19. The van der Waals surface area contributed by atoms with E-state index in [1.807, 2.05) is 23.6 Å². The molecular formula is C45H69N5O3S. The Hall–Kier alpha value is -4.00. The first-order chi connectivity index (χ1) is 26.0. The first-order valence-corrected chi connectivity index (χ1v) is 20.8. The van der Waals surface area contributed by atoms with Crippen molar-refractivity contribution in [1.29, 1.82) is 0 Å². The summed E-state index contributed by atoms with van der Waals surface area (Å²) in [6.07, 6.45) is 29.3. The Morgan fingerprint density at radius 3 is 2.33 bits per heavy atom. The van der Waals surface area contributed by atoms with Gasteiger partial charge in [-0.2, -0.15) is 0 Å². The van der Waals surface area contributed by atoms with Gasteiger partial charge in [0.25, 0.3) is 0 Å². The predicted molar refractivity (Wildman–Crippen MR) is 229 cm³/mol. The van der Waals surface area contributed by atoms with Crippen LogP contribution in [0.15, 0.2) is 71.2 Å². The Bertz CT molecular complexity index is 1410. The minimum Gasteiger partial charge on any atom is -0.356 e. The molecule has 0 saturated heterocycles. The molecule has 0 radical (unpaired) electrons. The summed E-state index contributed by atoms with van der Waals surface area (Å²) in [5, 5.41) is 7.38. The number of terminal acetylenes is 1. The van der Waals surface area contributed by atoms with Gasteiger partial charge in [-0.3, -0.25) is 14.4 Å². The van der Waals surface area contributed by atoms with E-state index >= 15 is 0 Å². The van der Waals surface area contributed by atoms with Gasteiger partial charge in [0, 0.05) is 71.0 Å². The highest BCUT2D eigenvalue weighted by atomic mass is 32.1. The quantitative estimate of drug-likeness (QED) is 0.167. The second-order valence-corrected chi connectivity index (χ2v) is 15.1. The molecule has 2 aliphatic rings. The van der Waals surface area contributed by atoms with Crippen molar-refractivity contribution in [3.8, 4) is 12.3 Å². The Balaban J connectivity index is 0.000000439. The topological polar surface area (TPSA) is 94.6 Å². The number of carbonyl (C=O) groups is 3. The third-order valence-electron chi connectivity index (χ3n) is 9.15. The van der Waals surface area contributed by atoms with Crippen LogP contribution >= 0.6 is 11.3 Å². The second-order valence-electron chi connectivity index (χ2n) is 14.4. The average Bonchev–Trinajstić information content (AvgIpc) is 3.69. The number of carbonyl (C=O) groups excluding carboxylic acids is 3. The molecule has 1 fully saturated rings. The smallest absolute Gasteiger partial charge is 0.224 e. The Labute approximate surface area is 332 Å². The van der Waals surface area contributed by atoms with E-state index in [2.05, 4.69) is 84.6 Å². The SMILES string of the molecule is C#CCCC(CCC)CNC(C)=O.CC1CCCCC1.CN(CCN(C)C(=O)CCC(=O)N/C=C/c1cscn1)CC1=CCCC=C1.Cc1ccccc1. The van der Waals surface area contributed by atoms with Crippen molar-refractivity contribution in [2.45, 2.75) is 111 Å². The lowest BCUT2D eigenvalue weighted by Crippen LogP contribution is -2.35. The number of benzene rings is 1. The number of rotatable bonds is 16. The number of nitrogens with zero attached hydrogens (tertiary/aromatic N) is 3. The number of allylic oxidation sites excluding steroid dienone is 2. The van der Waals surface area contributed by atoms with Crippen LogP contribution in [0.1, 0.15) is 115 Å². The van der Waals surface area contributed by atoms with Crippen LogP contribution in [0.2, 0.25) is 0 Å². The van der Waals surface area contributed by atoms with Gasteiger partial charge in [0.2, 0.25) is 17.7 Å². The number of aromatic nitrogens is 1. The lowest BCUT2D eigenvalue weighted by atomic mass is 9.91. The molecule has 0 aliphatic heterocycles. The van der Waals surface area contributed by atoms with Crippen molar-refractivity contribution < 1.29 is 14.4 Å². The summed E-state index contributed by atoms with van der Waals surface area (Å²) in [6, 6.07) is 10.3. The number of likely N-dealkylation sites (N-methyl/N-ethyl adjacent to an activating group) is 2. The lowest BCUT2D eigenvalue weighted by Gasteiger charge is -2.23. The van der Waals surface area contributed by atoms with Crippen LogP contribution in [-0.2, 0) is 14.4 Å². The Kier molecular flexibility index (Phi) is 27.9. The van der Waals surface area contributed by atoms with Crippen LogP contribution in [0.5, 0.6) is 0 Å². The van der Waals surface area contributed by atoms with Crippen molar-refractivity contribution in [2.75, 3.05) is 40.3 Å². The molecule has 2 aliphatic carbocycles. The fraction of sp³-hybridized carbons (Fsp3) is 0.556. The highest BCUT2D eigenvalue weighted by Crippen LogP contribution is 2.22. The maximum absolute atomic E-state index is 12.2. The van der Waals surface area contributed by atoms with Gasteiger partial charge in [0.05, 0.1) is 11.2 Å². The van der Waals surface area contributed by atoms with Crippen LogP contribution in [0.3, 0.4) is 0 Å². The number of nitrogens with one attached hydrogen (secondary N) is 2. The van der Waals surface area contributed by atoms with E-state index in [-0.39, 0.29) is 30.6 Å². The summed E-state index contributed by atoms with van der Waals surface area (Å²) in [4.78, 5) is 42.7. The average molecular weight is 760 g/mol. The van der Waals surface area contributed by atoms with Crippen molar-refractivity contribution in [2.24, 2.45) is 11.8 Å². The fourth-order valence-corrected chi connectivity index (χ4v) is 6.32. The predicted octanol–water partition coefficient (Wildman–Crippen LogP) is 9.21. The van der Waals surface area contributed by atoms with Gasteiger partial charge in [-0.05, 0) is 63.1 Å². The molecule has 1 heterocycles. The maximum Gasteiger partial charge on any atom is 0.224 e. The molecule has 1 aromatic heterocycles. The summed E-state index contributed by atoms with van der Waals surface area (Å²) in [5.74, 6) is 4.07. The summed E-state index contributed by atoms with van der Waals surface area (Å²) in [6.45, 7) is 11.3. The van der Waals surface area contributed by atoms with Crippen LogP contribution in [-0.4, -0.2) is 72.8 Å². The van der Waals surface area contributed by atoms with E-state index in [1.165, 1.54) is 54.6 Å². The fourth-order valence-electron chi connectivity index (χ4n) is 5.80. The Morgan fingerprint density at radius 2 is 1.80 bits per heavy atom. The molecule has 0 bridgehead atoms. The molecule has 9 heteroatoms. The summed E-state index contributed by atoms with van der Waals surface area (Å²) < 4.78 is 0. The van der Waals surface area contributed by atoms with Gasteiger partial charge in [-0.15, -0.1) is 23.7 Å². The number of thiazole rings is 1. The van der Waals surface area contributed by atoms with E-state index in [4.69, 9.17) is 6.42 Å². The van der Waals surface area contributed by atoms with E-state index in [0.717, 1.165) is 69.8 Å². The van der Waals surface area contributed by atoms with Gasteiger partial charge in [0.1, 0.15) is 0 Å². The van der Waals surface area contributed by atoms with E-state index in [0.29, 0.717) is 12.5 Å². The van der Waals surface area contributed by atoms with Gasteiger partial charge in [-0.25, -0.2) is 4.98 Å². The zero-order valence-corrected chi connectivity index (χ0v) is 35.0. The zero-order valence-electron chi connectivity index (χ0n) is 34.2.